The molecule has 1 saturated carbocycles. The number of aliphatic hydroxyl groups is 2. The van der Waals surface area contributed by atoms with E-state index in [2.05, 4.69) is 45.0 Å². The minimum Gasteiger partial charge on any atom is -0.497 e. The summed E-state index contributed by atoms with van der Waals surface area (Å²) in [7, 11) is 3.61. The van der Waals surface area contributed by atoms with Crippen molar-refractivity contribution in [1.29, 1.82) is 0 Å². The fourth-order valence-electron chi connectivity index (χ4n) is 7.42. The first-order chi connectivity index (χ1) is 14.4. The SMILES string of the molecule is CC[C@]12C=CCN3CC[C@@]4(c5ccc(OC)cc5N(C)[C@H]4C(O)(CN=[N+]=[N-])[C@@H]1O)[C@@H]32. The molecule has 1 aromatic carbocycles. The summed E-state index contributed by atoms with van der Waals surface area (Å²) in [5, 5.41) is 27.6. The maximum absolute atomic E-state index is 12.1. The van der Waals surface area contributed by atoms with Crippen molar-refractivity contribution in [3.8, 4) is 5.75 Å². The monoisotopic (exact) mass is 411 g/mol. The largest absolute Gasteiger partial charge is 0.497 e. The molecule has 1 spiro atoms. The third-order valence-corrected chi connectivity index (χ3v) is 8.36. The molecule has 4 aliphatic rings. The first kappa shape index (κ1) is 19.7. The summed E-state index contributed by atoms with van der Waals surface area (Å²) in [4.78, 5) is 7.46. The molecule has 1 aromatic rings. The van der Waals surface area contributed by atoms with Crippen molar-refractivity contribution in [2.24, 2.45) is 10.5 Å². The molecule has 1 aliphatic carbocycles. The molecular weight excluding hydrogens is 382 g/mol. The number of hydrogen-bond acceptors (Lipinski definition) is 6. The number of methoxy groups -OCH3 is 1. The number of anilines is 1. The van der Waals surface area contributed by atoms with Crippen LogP contribution in [0.1, 0.15) is 25.3 Å². The third-order valence-electron chi connectivity index (χ3n) is 8.36. The number of hydrogen-bond donors (Lipinski definition) is 2. The zero-order chi connectivity index (χ0) is 21.3. The summed E-state index contributed by atoms with van der Waals surface area (Å²) in [6.07, 6.45) is 4.74. The lowest BCUT2D eigenvalue weighted by Gasteiger charge is -2.64. The molecule has 6 atom stereocenters. The molecular formula is C22H29N5O3. The first-order valence-corrected chi connectivity index (χ1v) is 10.6. The smallest absolute Gasteiger partial charge is 0.120 e. The quantitative estimate of drug-likeness (QED) is 0.342. The Morgan fingerprint density at radius 1 is 1.37 bits per heavy atom. The van der Waals surface area contributed by atoms with Gasteiger partial charge in [-0.05, 0) is 36.5 Å². The van der Waals surface area contributed by atoms with Gasteiger partial charge in [-0.25, -0.2) is 0 Å². The van der Waals surface area contributed by atoms with Crippen molar-refractivity contribution in [1.82, 2.24) is 4.90 Å². The van der Waals surface area contributed by atoms with Gasteiger partial charge >= 0.3 is 0 Å². The van der Waals surface area contributed by atoms with E-state index in [1.54, 1.807) is 7.11 Å². The van der Waals surface area contributed by atoms with E-state index in [-0.39, 0.29) is 18.0 Å². The first-order valence-electron chi connectivity index (χ1n) is 10.6. The number of nitrogens with zero attached hydrogens (tertiary/aromatic N) is 5. The Morgan fingerprint density at radius 3 is 2.87 bits per heavy atom. The zero-order valence-electron chi connectivity index (χ0n) is 17.7. The van der Waals surface area contributed by atoms with Crippen LogP contribution in [-0.4, -0.2) is 72.7 Å². The maximum atomic E-state index is 12.1. The molecule has 3 aliphatic heterocycles. The summed E-state index contributed by atoms with van der Waals surface area (Å²) in [6, 6.07) is 5.77. The Morgan fingerprint density at radius 2 is 2.17 bits per heavy atom. The highest BCUT2D eigenvalue weighted by atomic mass is 16.5. The van der Waals surface area contributed by atoms with Crippen LogP contribution in [0.2, 0.25) is 0 Å². The van der Waals surface area contributed by atoms with Crippen molar-refractivity contribution in [2.45, 2.75) is 49.0 Å². The second-order valence-electron chi connectivity index (χ2n) is 9.24. The van der Waals surface area contributed by atoms with E-state index in [0.29, 0.717) is 6.42 Å². The van der Waals surface area contributed by atoms with Crippen LogP contribution in [0.15, 0.2) is 35.5 Å². The van der Waals surface area contributed by atoms with Crippen molar-refractivity contribution >= 4 is 5.69 Å². The van der Waals surface area contributed by atoms with Gasteiger partial charge in [0.15, 0.2) is 0 Å². The summed E-state index contributed by atoms with van der Waals surface area (Å²) >= 11 is 0. The van der Waals surface area contributed by atoms with Gasteiger partial charge in [0.2, 0.25) is 0 Å². The van der Waals surface area contributed by atoms with E-state index in [9.17, 15) is 10.2 Å². The van der Waals surface area contributed by atoms with Gasteiger partial charge in [0, 0.05) is 47.1 Å². The highest BCUT2D eigenvalue weighted by Gasteiger charge is 2.76. The molecule has 0 aromatic heterocycles. The number of aliphatic hydroxyl groups excluding tert-OH is 1. The number of fused-ring (bicyclic) bond motifs is 1. The fraction of sp³-hybridized carbons (Fsp3) is 0.636. The maximum Gasteiger partial charge on any atom is 0.120 e. The Balaban J connectivity index is 1.82. The Bertz CT molecular complexity index is 962. The molecule has 3 heterocycles. The van der Waals surface area contributed by atoms with Crippen LogP contribution in [0.4, 0.5) is 5.69 Å². The van der Waals surface area contributed by atoms with Crippen LogP contribution in [0.5, 0.6) is 5.75 Å². The highest BCUT2D eigenvalue weighted by molar-refractivity contribution is 5.70. The molecule has 2 fully saturated rings. The molecule has 2 N–H and O–H groups in total. The molecule has 1 saturated heterocycles. The van der Waals surface area contributed by atoms with Crippen molar-refractivity contribution in [3.05, 3.63) is 46.4 Å². The number of azide groups is 1. The van der Waals surface area contributed by atoms with Crippen LogP contribution in [0, 0.1) is 5.41 Å². The van der Waals surface area contributed by atoms with Crippen LogP contribution in [0.25, 0.3) is 10.4 Å². The molecule has 0 bridgehead atoms. The Kier molecular flexibility index (Phi) is 4.19. The van der Waals surface area contributed by atoms with E-state index in [1.807, 2.05) is 19.2 Å². The summed E-state index contributed by atoms with van der Waals surface area (Å²) in [5.41, 5.74) is 8.65. The van der Waals surface area contributed by atoms with E-state index in [4.69, 9.17) is 10.3 Å². The highest BCUT2D eigenvalue weighted by Crippen LogP contribution is 2.66. The van der Waals surface area contributed by atoms with Gasteiger partial charge in [-0.15, -0.1) is 0 Å². The van der Waals surface area contributed by atoms with Crippen molar-refractivity contribution < 1.29 is 14.9 Å². The van der Waals surface area contributed by atoms with E-state index < -0.39 is 23.2 Å². The van der Waals surface area contributed by atoms with Gasteiger partial charge in [-0.2, -0.15) is 0 Å². The van der Waals surface area contributed by atoms with Crippen LogP contribution in [0.3, 0.4) is 0 Å². The molecule has 0 amide bonds. The minimum absolute atomic E-state index is 0.0587. The second kappa shape index (κ2) is 6.37. The third kappa shape index (κ3) is 2.05. The van der Waals surface area contributed by atoms with Gasteiger partial charge in [-0.1, -0.05) is 30.3 Å². The average Bonchev–Trinajstić information content (AvgIpc) is 3.28. The zero-order valence-corrected chi connectivity index (χ0v) is 17.7. The standard InChI is InChI=1S/C22H29N5O3/c1-4-20-8-5-10-27-11-9-21(17(20)27)15-7-6-14(30-3)12-16(15)26(2)18(21)22(29,19(20)28)13-24-25-23/h5-8,12,17-19,28-29H,4,9-11,13H2,1-3H3/t17-,18+,19+,20+,21+,22?/m0/s1. The van der Waals surface area contributed by atoms with E-state index in [1.165, 1.54) is 5.56 Å². The molecule has 30 heavy (non-hydrogen) atoms. The molecule has 160 valence electrons. The molecule has 8 nitrogen and oxygen atoms in total. The van der Waals surface area contributed by atoms with Gasteiger partial charge in [-0.3, -0.25) is 4.90 Å². The van der Waals surface area contributed by atoms with Gasteiger partial charge in [0.1, 0.15) is 11.4 Å². The van der Waals surface area contributed by atoms with Gasteiger partial charge < -0.3 is 19.8 Å². The number of benzene rings is 1. The molecule has 0 radical (unpaired) electrons. The second-order valence-corrected chi connectivity index (χ2v) is 9.24. The summed E-state index contributed by atoms with van der Waals surface area (Å²) in [6.45, 7) is 3.65. The molecule has 8 heteroatoms. The molecule has 1 unspecified atom stereocenters. The fourth-order valence-corrected chi connectivity index (χ4v) is 7.42. The number of ether oxygens (including phenoxy) is 1. The van der Waals surface area contributed by atoms with Gasteiger partial charge in [0.05, 0.1) is 25.8 Å². The lowest BCUT2D eigenvalue weighted by atomic mass is 9.48. The topological polar surface area (TPSA) is 105 Å². The molecule has 5 rings (SSSR count). The van der Waals surface area contributed by atoms with E-state index in [0.717, 1.165) is 30.9 Å². The Hall–Kier alpha value is -2.25. The van der Waals surface area contributed by atoms with Crippen LogP contribution in [-0.2, 0) is 5.41 Å². The summed E-state index contributed by atoms with van der Waals surface area (Å²) < 4.78 is 5.48. The number of likely N-dealkylation sites (N-methyl/N-ethyl adjacent to an activating group) is 1. The van der Waals surface area contributed by atoms with Crippen molar-refractivity contribution in [3.63, 3.8) is 0 Å². The van der Waals surface area contributed by atoms with E-state index >= 15 is 0 Å². The van der Waals surface area contributed by atoms with Crippen LogP contribution < -0.4 is 9.64 Å². The van der Waals surface area contributed by atoms with Crippen molar-refractivity contribution in [2.75, 3.05) is 38.7 Å². The van der Waals surface area contributed by atoms with Gasteiger partial charge in [0.25, 0.3) is 0 Å². The lowest BCUT2D eigenvalue weighted by molar-refractivity contribution is -0.194. The predicted octanol–water partition coefficient (Wildman–Crippen LogP) is 2.21. The van der Waals surface area contributed by atoms with Crippen LogP contribution >= 0.6 is 0 Å². The average molecular weight is 412 g/mol. The predicted molar refractivity (Wildman–Crippen MR) is 114 cm³/mol. The Labute approximate surface area is 176 Å². The lowest BCUT2D eigenvalue weighted by Crippen LogP contribution is -2.79. The number of rotatable bonds is 4. The minimum atomic E-state index is -1.59. The normalized spacial score (nSPS) is 41.1. The summed E-state index contributed by atoms with van der Waals surface area (Å²) in [5.74, 6) is 0.759.